The summed E-state index contributed by atoms with van der Waals surface area (Å²) in [6.07, 6.45) is 0.506. The number of cyclic esters (lactones) is 1. The topological polar surface area (TPSA) is 80.6 Å². The van der Waals surface area contributed by atoms with Crippen LogP contribution in [0.5, 0.6) is 0 Å². The molecule has 6 heteroatoms. The number of aliphatic hydroxyl groups excluding tert-OH is 1. The SMILES string of the molecule is Cc1c(C(=O)Nc2ccccc2)c(-c2ccccc2)c(-c2ccccc2)n1CCC1=CC(=O)OC1O. The lowest BCUT2D eigenvalue weighted by Gasteiger charge is -2.15. The van der Waals surface area contributed by atoms with E-state index in [0.29, 0.717) is 29.8 Å². The highest BCUT2D eigenvalue weighted by Gasteiger charge is 2.29. The minimum absolute atomic E-state index is 0.202. The highest BCUT2D eigenvalue weighted by Crippen LogP contribution is 2.40. The second kappa shape index (κ2) is 10.1. The van der Waals surface area contributed by atoms with Gasteiger partial charge in [0.2, 0.25) is 6.29 Å². The van der Waals surface area contributed by atoms with Gasteiger partial charge in [0.1, 0.15) is 0 Å². The molecule has 0 saturated heterocycles. The molecule has 4 aromatic rings. The quantitative estimate of drug-likeness (QED) is 0.340. The minimum Gasteiger partial charge on any atom is -0.429 e. The number of nitrogens with one attached hydrogen (secondary N) is 1. The average molecular weight is 479 g/mol. The molecule has 1 aromatic heterocycles. The van der Waals surface area contributed by atoms with Crippen molar-refractivity contribution in [3.8, 4) is 22.4 Å². The zero-order valence-electron chi connectivity index (χ0n) is 19.8. The van der Waals surface area contributed by atoms with Gasteiger partial charge in [-0.15, -0.1) is 0 Å². The highest BCUT2D eigenvalue weighted by molar-refractivity contribution is 6.12. The fourth-order valence-electron chi connectivity index (χ4n) is 4.67. The lowest BCUT2D eigenvalue weighted by molar-refractivity contribution is -0.151. The number of para-hydroxylation sites is 1. The van der Waals surface area contributed by atoms with E-state index < -0.39 is 12.3 Å². The van der Waals surface area contributed by atoms with Gasteiger partial charge in [-0.1, -0.05) is 78.9 Å². The first-order chi connectivity index (χ1) is 17.5. The smallest absolute Gasteiger partial charge is 0.333 e. The Morgan fingerprint density at radius 3 is 2.08 bits per heavy atom. The van der Waals surface area contributed by atoms with Crippen molar-refractivity contribution in [2.75, 3.05) is 5.32 Å². The lowest BCUT2D eigenvalue weighted by atomic mass is 9.96. The predicted molar refractivity (Wildman–Crippen MR) is 139 cm³/mol. The summed E-state index contributed by atoms with van der Waals surface area (Å²) in [4.78, 5) is 25.4. The van der Waals surface area contributed by atoms with E-state index in [1.54, 1.807) is 0 Å². The van der Waals surface area contributed by atoms with Crippen LogP contribution in [0.25, 0.3) is 22.4 Å². The summed E-state index contributed by atoms with van der Waals surface area (Å²) < 4.78 is 6.95. The molecule has 5 rings (SSSR count). The third-order valence-corrected chi connectivity index (χ3v) is 6.36. The third-order valence-electron chi connectivity index (χ3n) is 6.36. The first-order valence-corrected chi connectivity index (χ1v) is 11.8. The summed E-state index contributed by atoms with van der Waals surface area (Å²) >= 11 is 0. The maximum atomic E-state index is 13.7. The van der Waals surface area contributed by atoms with E-state index in [-0.39, 0.29) is 5.91 Å². The van der Waals surface area contributed by atoms with Crippen molar-refractivity contribution in [1.29, 1.82) is 0 Å². The molecule has 2 N–H and O–H groups in total. The van der Waals surface area contributed by atoms with Crippen LogP contribution in [0, 0.1) is 6.92 Å². The molecule has 0 spiro atoms. The Kier molecular flexibility index (Phi) is 6.52. The number of rotatable bonds is 7. The Labute approximate surface area is 209 Å². The van der Waals surface area contributed by atoms with Crippen molar-refractivity contribution >= 4 is 17.6 Å². The third kappa shape index (κ3) is 4.59. The van der Waals surface area contributed by atoms with Crippen LogP contribution in [-0.4, -0.2) is 27.8 Å². The van der Waals surface area contributed by atoms with Gasteiger partial charge in [0.05, 0.1) is 11.3 Å². The minimum atomic E-state index is -1.23. The van der Waals surface area contributed by atoms with Gasteiger partial charge in [-0.05, 0) is 36.6 Å². The number of carbonyl (C=O) groups is 2. The van der Waals surface area contributed by atoms with Crippen LogP contribution in [0.15, 0.2) is 103 Å². The molecular formula is C30H26N2O4. The molecule has 1 unspecified atom stereocenters. The fraction of sp³-hybridized carbons (Fsp3) is 0.133. The van der Waals surface area contributed by atoms with Crippen molar-refractivity contribution in [2.24, 2.45) is 0 Å². The highest BCUT2D eigenvalue weighted by atomic mass is 16.6. The van der Waals surface area contributed by atoms with E-state index in [1.807, 2.05) is 97.9 Å². The number of anilines is 1. The van der Waals surface area contributed by atoms with Crippen LogP contribution >= 0.6 is 0 Å². The Bertz CT molecular complexity index is 1420. The first kappa shape index (κ1) is 23.3. The molecule has 3 aromatic carbocycles. The van der Waals surface area contributed by atoms with Crippen LogP contribution in [0.2, 0.25) is 0 Å². The predicted octanol–water partition coefficient (Wildman–Crippen LogP) is 5.57. The fourth-order valence-corrected chi connectivity index (χ4v) is 4.67. The molecule has 36 heavy (non-hydrogen) atoms. The monoisotopic (exact) mass is 478 g/mol. The molecule has 0 fully saturated rings. The average Bonchev–Trinajstić information content (AvgIpc) is 3.38. The Morgan fingerprint density at radius 1 is 0.917 bits per heavy atom. The van der Waals surface area contributed by atoms with Crippen molar-refractivity contribution in [1.82, 2.24) is 4.57 Å². The van der Waals surface area contributed by atoms with Crippen LogP contribution in [0.1, 0.15) is 22.5 Å². The van der Waals surface area contributed by atoms with Gasteiger partial charge in [0.15, 0.2) is 0 Å². The van der Waals surface area contributed by atoms with Crippen molar-refractivity contribution in [3.05, 3.63) is 114 Å². The normalized spacial score (nSPS) is 14.9. The van der Waals surface area contributed by atoms with E-state index in [9.17, 15) is 14.7 Å². The largest absolute Gasteiger partial charge is 0.429 e. The van der Waals surface area contributed by atoms with Gasteiger partial charge in [0, 0.05) is 35.1 Å². The van der Waals surface area contributed by atoms with E-state index in [1.165, 1.54) is 6.08 Å². The molecular weight excluding hydrogens is 452 g/mol. The number of amides is 1. The van der Waals surface area contributed by atoms with Gasteiger partial charge in [0.25, 0.3) is 5.91 Å². The van der Waals surface area contributed by atoms with Gasteiger partial charge < -0.3 is 19.7 Å². The number of hydrogen-bond donors (Lipinski definition) is 2. The summed E-state index contributed by atoms with van der Waals surface area (Å²) in [5.41, 5.74) is 6.23. The van der Waals surface area contributed by atoms with Crippen LogP contribution in [0.3, 0.4) is 0 Å². The number of hydrogen-bond acceptors (Lipinski definition) is 4. The Hall–Kier alpha value is -4.42. The maximum Gasteiger partial charge on any atom is 0.333 e. The van der Waals surface area contributed by atoms with Gasteiger partial charge in [-0.3, -0.25) is 4.79 Å². The molecule has 6 nitrogen and oxygen atoms in total. The van der Waals surface area contributed by atoms with Gasteiger partial charge >= 0.3 is 5.97 Å². The van der Waals surface area contributed by atoms with E-state index in [2.05, 4.69) is 9.88 Å². The lowest BCUT2D eigenvalue weighted by Crippen LogP contribution is -2.15. The number of aliphatic hydroxyl groups is 1. The second-order valence-corrected chi connectivity index (χ2v) is 8.65. The molecule has 1 amide bonds. The van der Waals surface area contributed by atoms with Crippen LogP contribution < -0.4 is 5.32 Å². The number of carbonyl (C=O) groups excluding carboxylic acids is 2. The zero-order chi connectivity index (χ0) is 25.1. The molecule has 1 aliphatic rings. The van der Waals surface area contributed by atoms with Gasteiger partial charge in [-0.2, -0.15) is 0 Å². The van der Waals surface area contributed by atoms with Crippen molar-refractivity contribution < 1.29 is 19.4 Å². The van der Waals surface area contributed by atoms with Crippen LogP contribution in [-0.2, 0) is 16.1 Å². The van der Waals surface area contributed by atoms with E-state index in [4.69, 9.17) is 4.74 Å². The number of nitrogens with zero attached hydrogens (tertiary/aromatic N) is 1. The van der Waals surface area contributed by atoms with Gasteiger partial charge in [-0.25, -0.2) is 4.79 Å². The summed E-state index contributed by atoms with van der Waals surface area (Å²) in [7, 11) is 0. The zero-order valence-corrected chi connectivity index (χ0v) is 19.8. The number of esters is 1. The van der Waals surface area contributed by atoms with Crippen LogP contribution in [0.4, 0.5) is 5.69 Å². The van der Waals surface area contributed by atoms with E-state index in [0.717, 1.165) is 28.1 Å². The molecule has 1 aliphatic heterocycles. The number of ether oxygens (including phenoxy) is 1. The Morgan fingerprint density at radius 2 is 1.50 bits per heavy atom. The molecule has 180 valence electrons. The van der Waals surface area contributed by atoms with Crippen molar-refractivity contribution in [3.63, 3.8) is 0 Å². The molecule has 1 atom stereocenters. The molecule has 2 heterocycles. The standard InChI is InChI=1S/C30H26N2O4/c1-20-26(29(34)31-24-15-9-4-10-16-24)27(21-11-5-2-6-12-21)28(22-13-7-3-8-14-22)32(20)18-17-23-19-25(33)36-30(23)35/h2-16,19,30,35H,17-18H2,1H3,(H,31,34). The number of benzene rings is 3. The molecule has 0 aliphatic carbocycles. The summed E-state index contributed by atoms with van der Waals surface area (Å²) in [6, 6.07) is 29.2. The maximum absolute atomic E-state index is 13.7. The summed E-state index contributed by atoms with van der Waals surface area (Å²) in [6.45, 7) is 2.38. The Balaban J connectivity index is 1.67. The van der Waals surface area contributed by atoms with Crippen molar-refractivity contribution in [2.45, 2.75) is 26.2 Å². The molecule has 0 saturated carbocycles. The second-order valence-electron chi connectivity index (χ2n) is 8.65. The number of aromatic nitrogens is 1. The van der Waals surface area contributed by atoms with E-state index >= 15 is 0 Å². The summed E-state index contributed by atoms with van der Waals surface area (Å²) in [5.74, 6) is -0.745. The molecule has 0 bridgehead atoms. The first-order valence-electron chi connectivity index (χ1n) is 11.8. The summed E-state index contributed by atoms with van der Waals surface area (Å²) in [5, 5.41) is 13.1. The molecule has 0 radical (unpaired) electrons.